The second-order valence-electron chi connectivity index (χ2n) is 8.06. The number of guanidine groups is 1. The van der Waals surface area contributed by atoms with Gasteiger partial charge in [0, 0.05) is 45.9 Å². The van der Waals surface area contributed by atoms with Crippen LogP contribution in [-0.2, 0) is 29.6 Å². The Labute approximate surface area is 213 Å². The Morgan fingerprint density at radius 2 is 2.09 bits per heavy atom. The largest absolute Gasteiger partial charge is 0.493 e. The maximum atomic E-state index is 6.01. The molecule has 33 heavy (non-hydrogen) atoms. The molecule has 10 heteroatoms. The van der Waals surface area contributed by atoms with Crippen LogP contribution < -0.4 is 15.4 Å². The van der Waals surface area contributed by atoms with Crippen LogP contribution in [0.15, 0.2) is 23.2 Å². The Kier molecular flexibility index (Phi) is 11.9. The summed E-state index contributed by atoms with van der Waals surface area (Å²) in [6.45, 7) is 7.88. The molecule has 3 rings (SSSR count). The van der Waals surface area contributed by atoms with Crippen molar-refractivity contribution < 1.29 is 14.2 Å². The van der Waals surface area contributed by atoms with Gasteiger partial charge in [-0.25, -0.2) is 4.99 Å². The number of nitrogens with one attached hydrogen (secondary N) is 2. The molecule has 1 aromatic carbocycles. The van der Waals surface area contributed by atoms with Crippen molar-refractivity contribution in [3.05, 3.63) is 41.0 Å². The van der Waals surface area contributed by atoms with Crippen molar-refractivity contribution in [2.24, 2.45) is 12.0 Å². The van der Waals surface area contributed by atoms with Crippen LogP contribution in [0.5, 0.6) is 5.75 Å². The van der Waals surface area contributed by atoms with Gasteiger partial charge < -0.3 is 29.4 Å². The van der Waals surface area contributed by atoms with E-state index in [0.29, 0.717) is 32.3 Å². The van der Waals surface area contributed by atoms with E-state index in [2.05, 4.69) is 46.0 Å². The summed E-state index contributed by atoms with van der Waals surface area (Å²) in [5, 5.41) is 15.2. The van der Waals surface area contributed by atoms with Crippen LogP contribution in [0.1, 0.15) is 42.0 Å². The quantitative estimate of drug-likeness (QED) is 0.185. The van der Waals surface area contributed by atoms with Crippen molar-refractivity contribution in [1.29, 1.82) is 0 Å². The van der Waals surface area contributed by atoms with E-state index in [-0.39, 0.29) is 30.1 Å². The van der Waals surface area contributed by atoms with Crippen LogP contribution in [0.4, 0.5) is 0 Å². The van der Waals surface area contributed by atoms with E-state index in [1.165, 1.54) is 0 Å². The average Bonchev–Trinajstić information content (AvgIpc) is 3.42. The number of methoxy groups -OCH3 is 1. The fourth-order valence-electron chi connectivity index (χ4n) is 3.43. The molecular formula is C23H37IN6O3. The minimum absolute atomic E-state index is 0. The van der Waals surface area contributed by atoms with Gasteiger partial charge in [0.1, 0.15) is 11.6 Å². The summed E-state index contributed by atoms with van der Waals surface area (Å²) in [6.07, 6.45) is 3.25. The lowest BCUT2D eigenvalue weighted by atomic mass is 10.1. The molecule has 1 saturated heterocycles. The molecule has 1 aromatic heterocycles. The third-order valence-corrected chi connectivity index (χ3v) is 5.50. The topological polar surface area (TPSA) is 94.8 Å². The zero-order chi connectivity index (χ0) is 22.8. The minimum atomic E-state index is 0. The molecule has 184 valence electrons. The Morgan fingerprint density at radius 1 is 1.24 bits per heavy atom. The number of benzene rings is 1. The van der Waals surface area contributed by atoms with E-state index in [0.717, 1.165) is 60.9 Å². The molecule has 1 unspecified atom stereocenters. The molecular weight excluding hydrogens is 535 g/mol. The number of aryl methyl sites for hydroxylation is 2. The van der Waals surface area contributed by atoms with Crippen LogP contribution in [0.2, 0.25) is 0 Å². The van der Waals surface area contributed by atoms with E-state index in [9.17, 15) is 0 Å². The maximum absolute atomic E-state index is 6.01. The second kappa shape index (κ2) is 14.4. The van der Waals surface area contributed by atoms with Gasteiger partial charge in [-0.15, -0.1) is 34.2 Å². The monoisotopic (exact) mass is 572 g/mol. The van der Waals surface area contributed by atoms with Crippen LogP contribution >= 0.6 is 24.0 Å². The van der Waals surface area contributed by atoms with E-state index < -0.39 is 0 Å². The highest BCUT2D eigenvalue weighted by Gasteiger charge is 2.16. The fourth-order valence-corrected chi connectivity index (χ4v) is 3.43. The van der Waals surface area contributed by atoms with Crippen molar-refractivity contribution in [2.45, 2.75) is 52.3 Å². The summed E-state index contributed by atoms with van der Waals surface area (Å²) in [7, 11) is 3.66. The highest BCUT2D eigenvalue weighted by molar-refractivity contribution is 14.0. The number of ether oxygens (including phenoxy) is 3. The predicted molar refractivity (Wildman–Crippen MR) is 139 cm³/mol. The number of halogens is 1. The summed E-state index contributed by atoms with van der Waals surface area (Å²) >= 11 is 0. The van der Waals surface area contributed by atoms with Gasteiger partial charge in [-0.05, 0) is 38.3 Å². The van der Waals surface area contributed by atoms with Gasteiger partial charge in [0.25, 0.3) is 0 Å². The normalized spacial score (nSPS) is 15.9. The van der Waals surface area contributed by atoms with Crippen LogP contribution in [0.3, 0.4) is 0 Å². The maximum Gasteiger partial charge on any atom is 0.192 e. The molecule has 2 aromatic rings. The number of hydrogen-bond acceptors (Lipinski definition) is 6. The summed E-state index contributed by atoms with van der Waals surface area (Å²) in [5.41, 5.74) is 2.20. The van der Waals surface area contributed by atoms with Crippen LogP contribution in [0, 0.1) is 13.8 Å². The summed E-state index contributed by atoms with van der Waals surface area (Å²) in [5.74, 6) is 3.31. The number of rotatable bonds is 11. The standard InChI is InChI=1S/C23H36N6O3.HI/c1-17-8-9-19(21(13-17)32-12-6-10-30-4)14-24-23(25-15-20-7-5-11-31-20)26-16-22-28-27-18(2)29(22)3;/h8-9,13,20H,5-7,10-12,14-16H2,1-4H3,(H2,24,25,26);1H. The van der Waals surface area contributed by atoms with Gasteiger partial charge in [-0.3, -0.25) is 0 Å². The van der Waals surface area contributed by atoms with E-state index >= 15 is 0 Å². The van der Waals surface area contributed by atoms with Crippen LogP contribution in [-0.4, -0.2) is 60.3 Å². The van der Waals surface area contributed by atoms with Crippen molar-refractivity contribution in [3.8, 4) is 5.75 Å². The summed E-state index contributed by atoms with van der Waals surface area (Å²) < 4.78 is 18.8. The first-order valence-electron chi connectivity index (χ1n) is 11.3. The van der Waals surface area contributed by atoms with Crippen molar-refractivity contribution in [3.63, 3.8) is 0 Å². The molecule has 0 saturated carbocycles. The third-order valence-electron chi connectivity index (χ3n) is 5.50. The van der Waals surface area contributed by atoms with Gasteiger partial charge >= 0.3 is 0 Å². The van der Waals surface area contributed by atoms with E-state index in [1.54, 1.807) is 7.11 Å². The van der Waals surface area contributed by atoms with Gasteiger partial charge in [-0.2, -0.15) is 0 Å². The number of aromatic nitrogens is 3. The number of hydrogen-bond donors (Lipinski definition) is 2. The molecule has 0 aliphatic carbocycles. The highest BCUT2D eigenvalue weighted by Crippen LogP contribution is 2.21. The molecule has 0 radical (unpaired) electrons. The SMILES string of the molecule is COCCCOc1cc(C)ccc1CN=C(NCc1nnc(C)n1C)NCC1CCCO1.I. The number of nitrogens with zero attached hydrogens (tertiary/aromatic N) is 4. The Bertz CT molecular complexity index is 883. The van der Waals surface area contributed by atoms with Crippen molar-refractivity contribution in [2.75, 3.05) is 33.5 Å². The lowest BCUT2D eigenvalue weighted by molar-refractivity contribution is 0.113. The van der Waals surface area contributed by atoms with Crippen LogP contribution in [0.25, 0.3) is 0 Å². The summed E-state index contributed by atoms with van der Waals surface area (Å²) in [6, 6.07) is 6.23. The molecule has 2 N–H and O–H groups in total. The van der Waals surface area contributed by atoms with Crippen molar-refractivity contribution >= 4 is 29.9 Å². The molecule has 2 heterocycles. The third kappa shape index (κ3) is 8.74. The summed E-state index contributed by atoms with van der Waals surface area (Å²) in [4.78, 5) is 4.82. The van der Waals surface area contributed by atoms with Crippen molar-refractivity contribution in [1.82, 2.24) is 25.4 Å². The molecule has 1 atom stereocenters. The fraction of sp³-hybridized carbons (Fsp3) is 0.609. The minimum Gasteiger partial charge on any atom is -0.493 e. The second-order valence-corrected chi connectivity index (χ2v) is 8.06. The van der Waals surface area contributed by atoms with E-state index in [1.807, 2.05) is 18.5 Å². The van der Waals surface area contributed by atoms with Gasteiger partial charge in [-0.1, -0.05) is 12.1 Å². The molecule has 0 amide bonds. The molecule has 1 aliphatic heterocycles. The predicted octanol–water partition coefficient (Wildman–Crippen LogP) is 2.88. The molecule has 1 aliphatic rings. The van der Waals surface area contributed by atoms with Gasteiger partial charge in [0.15, 0.2) is 11.8 Å². The molecule has 0 bridgehead atoms. The Balaban J connectivity index is 0.00000385. The van der Waals surface area contributed by atoms with E-state index in [4.69, 9.17) is 19.2 Å². The lowest BCUT2D eigenvalue weighted by Gasteiger charge is -2.16. The first-order valence-corrected chi connectivity index (χ1v) is 11.3. The highest BCUT2D eigenvalue weighted by atomic mass is 127. The van der Waals surface area contributed by atoms with Gasteiger partial charge in [0.05, 0.1) is 25.8 Å². The average molecular weight is 572 g/mol. The lowest BCUT2D eigenvalue weighted by Crippen LogP contribution is -2.41. The molecule has 9 nitrogen and oxygen atoms in total. The first-order chi connectivity index (χ1) is 15.6. The smallest absolute Gasteiger partial charge is 0.192 e. The van der Waals surface area contributed by atoms with Gasteiger partial charge in [0.2, 0.25) is 0 Å². The Morgan fingerprint density at radius 3 is 2.79 bits per heavy atom. The first kappa shape index (κ1) is 27.3. The Hall–Kier alpha value is -1.92. The zero-order valence-electron chi connectivity index (χ0n) is 20.1. The molecule has 1 fully saturated rings. The zero-order valence-corrected chi connectivity index (χ0v) is 22.4. The molecule has 0 spiro atoms. The number of aliphatic imine (C=N–C) groups is 1.